The predicted octanol–water partition coefficient (Wildman–Crippen LogP) is -0.0956. The third-order valence-corrected chi connectivity index (χ3v) is 4.17. The largest absolute Gasteiger partial charge is 0.468 e. The van der Waals surface area contributed by atoms with Crippen molar-refractivity contribution in [2.45, 2.75) is 24.8 Å². The molecule has 2 N–H and O–H groups in total. The average molecular weight is 255 g/mol. The maximum Gasteiger partial charge on any atom is 0.327 e. The molecule has 1 aliphatic heterocycles. The number of carbonyl (C=O) groups excluding carboxylic acids is 1. The van der Waals surface area contributed by atoms with Gasteiger partial charge < -0.3 is 15.4 Å². The number of hydrogen-bond acceptors (Lipinski definition) is 5. The molecule has 0 aromatic rings. The van der Waals surface area contributed by atoms with Crippen LogP contribution in [0.2, 0.25) is 0 Å². The van der Waals surface area contributed by atoms with Crippen LogP contribution in [0, 0.1) is 5.92 Å². The zero-order valence-corrected chi connectivity index (χ0v) is 11.5. The van der Waals surface area contributed by atoms with Crippen molar-refractivity contribution in [3.63, 3.8) is 0 Å². The molecule has 2 fully saturated rings. The van der Waals surface area contributed by atoms with Gasteiger partial charge in [0.05, 0.1) is 7.11 Å². The van der Waals surface area contributed by atoms with E-state index in [1.54, 1.807) is 0 Å². The summed E-state index contributed by atoms with van der Waals surface area (Å²) in [5.74, 6) is 0.0635. The second kappa shape index (κ2) is 5.55. The summed E-state index contributed by atoms with van der Waals surface area (Å²) in [5.41, 5.74) is 5.55. The summed E-state index contributed by atoms with van der Waals surface area (Å²) in [7, 11) is 3.57. The van der Waals surface area contributed by atoms with E-state index >= 15 is 0 Å². The highest BCUT2D eigenvalue weighted by atomic mass is 16.5. The van der Waals surface area contributed by atoms with Crippen LogP contribution in [0.15, 0.2) is 0 Å². The molecular formula is C13H25N3O2. The van der Waals surface area contributed by atoms with E-state index in [2.05, 4.69) is 16.8 Å². The highest BCUT2D eigenvalue weighted by Gasteiger charge is 2.49. The first-order chi connectivity index (χ1) is 8.56. The van der Waals surface area contributed by atoms with E-state index in [1.807, 2.05) is 0 Å². The van der Waals surface area contributed by atoms with E-state index in [1.165, 1.54) is 7.11 Å². The van der Waals surface area contributed by atoms with Gasteiger partial charge in [0.25, 0.3) is 0 Å². The normalized spacial score (nSPS) is 26.4. The fourth-order valence-electron chi connectivity index (χ4n) is 2.78. The van der Waals surface area contributed by atoms with Crippen molar-refractivity contribution in [3.05, 3.63) is 0 Å². The maximum absolute atomic E-state index is 12.0. The van der Waals surface area contributed by atoms with Crippen molar-refractivity contribution in [3.8, 4) is 0 Å². The molecule has 0 amide bonds. The molecule has 2 aliphatic rings. The first-order valence-electron chi connectivity index (χ1n) is 6.84. The molecule has 0 radical (unpaired) electrons. The molecule has 1 atom stereocenters. The second-order valence-corrected chi connectivity index (χ2v) is 5.74. The van der Waals surface area contributed by atoms with E-state index in [9.17, 15) is 4.79 Å². The summed E-state index contributed by atoms with van der Waals surface area (Å²) < 4.78 is 4.91. The number of nitrogens with zero attached hydrogens (tertiary/aromatic N) is 2. The topological polar surface area (TPSA) is 58.8 Å². The number of likely N-dealkylation sites (N-methyl/N-ethyl adjacent to an activating group) is 1. The van der Waals surface area contributed by atoms with Crippen LogP contribution in [0.4, 0.5) is 0 Å². The maximum atomic E-state index is 12.0. The molecule has 1 heterocycles. The van der Waals surface area contributed by atoms with E-state index in [4.69, 9.17) is 10.5 Å². The van der Waals surface area contributed by atoms with Gasteiger partial charge in [-0.1, -0.05) is 0 Å². The van der Waals surface area contributed by atoms with Gasteiger partial charge in [-0.05, 0) is 45.3 Å². The zero-order chi connectivity index (χ0) is 13.2. The van der Waals surface area contributed by atoms with Crippen molar-refractivity contribution >= 4 is 5.97 Å². The summed E-state index contributed by atoms with van der Waals surface area (Å²) in [4.78, 5) is 16.6. The van der Waals surface area contributed by atoms with Crippen LogP contribution in [-0.4, -0.2) is 68.2 Å². The van der Waals surface area contributed by atoms with Crippen molar-refractivity contribution in [1.82, 2.24) is 9.80 Å². The number of methoxy groups -OCH3 is 1. The van der Waals surface area contributed by atoms with E-state index in [0.717, 1.165) is 45.4 Å². The number of rotatable bonds is 4. The minimum absolute atomic E-state index is 0.248. The minimum Gasteiger partial charge on any atom is -0.468 e. The number of nitrogens with two attached hydrogens (primary N) is 1. The SMILES string of the molecule is COC(=O)C(N)(CN1CCCN(C)CC1)C1CC1. The van der Waals surface area contributed by atoms with Gasteiger partial charge in [0.1, 0.15) is 5.54 Å². The Morgan fingerprint density at radius 2 is 2.06 bits per heavy atom. The van der Waals surface area contributed by atoms with Crippen molar-refractivity contribution in [2.75, 3.05) is 46.9 Å². The van der Waals surface area contributed by atoms with Crippen LogP contribution < -0.4 is 5.73 Å². The Morgan fingerprint density at radius 3 is 2.67 bits per heavy atom. The summed E-state index contributed by atoms with van der Waals surface area (Å²) in [6.45, 7) is 4.81. The van der Waals surface area contributed by atoms with Gasteiger partial charge >= 0.3 is 5.97 Å². The monoisotopic (exact) mass is 255 g/mol. The lowest BCUT2D eigenvalue weighted by molar-refractivity contribution is -0.148. The quantitative estimate of drug-likeness (QED) is 0.711. The second-order valence-electron chi connectivity index (χ2n) is 5.74. The van der Waals surface area contributed by atoms with Crippen LogP contribution in [0.25, 0.3) is 0 Å². The van der Waals surface area contributed by atoms with Gasteiger partial charge in [0.15, 0.2) is 0 Å². The van der Waals surface area contributed by atoms with E-state index < -0.39 is 5.54 Å². The summed E-state index contributed by atoms with van der Waals surface area (Å²) in [6, 6.07) is 0. The molecule has 5 nitrogen and oxygen atoms in total. The molecule has 0 spiro atoms. The number of hydrogen-bond donors (Lipinski definition) is 1. The van der Waals surface area contributed by atoms with E-state index in [0.29, 0.717) is 12.5 Å². The molecule has 0 aromatic carbocycles. The van der Waals surface area contributed by atoms with Gasteiger partial charge in [0, 0.05) is 19.6 Å². The Kier molecular flexibility index (Phi) is 4.25. The lowest BCUT2D eigenvalue weighted by Crippen LogP contribution is -2.58. The lowest BCUT2D eigenvalue weighted by Gasteiger charge is -2.32. The van der Waals surface area contributed by atoms with Crippen molar-refractivity contribution in [1.29, 1.82) is 0 Å². The lowest BCUT2D eigenvalue weighted by atomic mass is 9.93. The molecule has 1 saturated carbocycles. The van der Waals surface area contributed by atoms with Crippen LogP contribution in [-0.2, 0) is 9.53 Å². The Hall–Kier alpha value is -0.650. The third kappa shape index (κ3) is 3.02. The van der Waals surface area contributed by atoms with Crippen LogP contribution >= 0.6 is 0 Å². The summed E-state index contributed by atoms with van der Waals surface area (Å²) >= 11 is 0. The highest BCUT2D eigenvalue weighted by molar-refractivity contribution is 5.81. The van der Waals surface area contributed by atoms with Crippen molar-refractivity contribution < 1.29 is 9.53 Å². The Morgan fingerprint density at radius 1 is 1.33 bits per heavy atom. The molecule has 0 aromatic heterocycles. The molecular weight excluding hydrogens is 230 g/mol. The van der Waals surface area contributed by atoms with Gasteiger partial charge in [0.2, 0.25) is 0 Å². The van der Waals surface area contributed by atoms with Crippen LogP contribution in [0.3, 0.4) is 0 Å². The van der Waals surface area contributed by atoms with Gasteiger partial charge in [-0.25, -0.2) is 0 Å². The highest BCUT2D eigenvalue weighted by Crippen LogP contribution is 2.39. The molecule has 0 bridgehead atoms. The molecule has 5 heteroatoms. The number of esters is 1. The molecule has 18 heavy (non-hydrogen) atoms. The fourth-order valence-corrected chi connectivity index (χ4v) is 2.78. The Labute approximate surface area is 109 Å². The third-order valence-electron chi connectivity index (χ3n) is 4.17. The van der Waals surface area contributed by atoms with E-state index in [-0.39, 0.29) is 5.97 Å². The average Bonchev–Trinajstić information content (AvgIpc) is 3.17. The molecule has 104 valence electrons. The minimum atomic E-state index is -0.794. The standard InChI is InChI=1S/C13H25N3O2/c1-15-6-3-7-16(9-8-15)10-13(14,11-4-5-11)12(17)18-2/h11H,3-10,14H2,1-2H3. The molecule has 1 aliphatic carbocycles. The smallest absolute Gasteiger partial charge is 0.327 e. The first kappa shape index (κ1) is 13.8. The van der Waals surface area contributed by atoms with Crippen LogP contribution in [0.5, 0.6) is 0 Å². The molecule has 2 rings (SSSR count). The number of carbonyl (C=O) groups is 1. The molecule has 1 saturated heterocycles. The fraction of sp³-hybridized carbons (Fsp3) is 0.923. The Bertz CT molecular complexity index is 307. The van der Waals surface area contributed by atoms with Crippen LogP contribution in [0.1, 0.15) is 19.3 Å². The van der Waals surface area contributed by atoms with Crippen molar-refractivity contribution in [2.24, 2.45) is 11.7 Å². The number of ether oxygens (including phenoxy) is 1. The molecule has 1 unspecified atom stereocenters. The van der Waals surface area contributed by atoms with Gasteiger partial charge in [-0.15, -0.1) is 0 Å². The van der Waals surface area contributed by atoms with Gasteiger partial charge in [-0.2, -0.15) is 0 Å². The van der Waals surface area contributed by atoms with Gasteiger partial charge in [-0.3, -0.25) is 9.69 Å². The predicted molar refractivity (Wildman–Crippen MR) is 70.2 cm³/mol. The Balaban J connectivity index is 1.98. The first-order valence-corrected chi connectivity index (χ1v) is 6.84. The zero-order valence-electron chi connectivity index (χ0n) is 11.5. The summed E-state index contributed by atoms with van der Waals surface area (Å²) in [5, 5.41) is 0. The summed E-state index contributed by atoms with van der Waals surface area (Å²) in [6.07, 6.45) is 3.25.